The zero-order valence-corrected chi connectivity index (χ0v) is 20.7. The van der Waals surface area contributed by atoms with Gasteiger partial charge in [-0.05, 0) is 42.8 Å². The first-order valence-electron chi connectivity index (χ1n) is 10.1. The molecule has 0 saturated carbocycles. The third kappa shape index (κ3) is 5.37. The Balaban J connectivity index is 1.97. The van der Waals surface area contributed by atoms with Gasteiger partial charge in [0.15, 0.2) is 0 Å². The Hall–Kier alpha value is -3.43. The second-order valence-electron chi connectivity index (χ2n) is 7.21. The summed E-state index contributed by atoms with van der Waals surface area (Å²) in [5.41, 5.74) is 1.28. The molecule has 10 heteroatoms. The highest BCUT2D eigenvalue weighted by Crippen LogP contribution is 2.36. The van der Waals surface area contributed by atoms with Crippen LogP contribution in [0.1, 0.15) is 5.56 Å². The summed E-state index contributed by atoms with van der Waals surface area (Å²) < 4.78 is 43.9. The van der Waals surface area contributed by atoms with E-state index in [0.717, 1.165) is 4.31 Å². The van der Waals surface area contributed by atoms with Gasteiger partial charge in [0.2, 0.25) is 5.91 Å². The Morgan fingerprint density at radius 1 is 0.912 bits per heavy atom. The van der Waals surface area contributed by atoms with Gasteiger partial charge >= 0.3 is 0 Å². The lowest BCUT2D eigenvalue weighted by Crippen LogP contribution is -2.38. The third-order valence-corrected chi connectivity index (χ3v) is 7.10. The Kier molecular flexibility index (Phi) is 7.90. The van der Waals surface area contributed by atoms with Gasteiger partial charge in [-0.15, -0.1) is 0 Å². The minimum Gasteiger partial charge on any atom is -0.496 e. The minimum atomic E-state index is -4.08. The van der Waals surface area contributed by atoms with Crippen LogP contribution in [0.25, 0.3) is 0 Å². The van der Waals surface area contributed by atoms with E-state index in [0.29, 0.717) is 39.2 Å². The lowest BCUT2D eigenvalue weighted by molar-refractivity contribution is -0.114. The van der Waals surface area contributed by atoms with Gasteiger partial charge in [-0.3, -0.25) is 9.10 Å². The molecular weight excluding hydrogens is 480 g/mol. The Bertz CT molecular complexity index is 1280. The van der Waals surface area contributed by atoms with Crippen LogP contribution in [0.5, 0.6) is 17.2 Å². The molecule has 3 aromatic rings. The fourth-order valence-electron chi connectivity index (χ4n) is 3.33. The average molecular weight is 505 g/mol. The van der Waals surface area contributed by atoms with Crippen molar-refractivity contribution in [2.24, 2.45) is 0 Å². The van der Waals surface area contributed by atoms with Crippen LogP contribution >= 0.6 is 11.6 Å². The van der Waals surface area contributed by atoms with E-state index in [-0.39, 0.29) is 4.90 Å². The molecule has 1 amide bonds. The predicted octanol–water partition coefficient (Wildman–Crippen LogP) is 4.51. The number of rotatable bonds is 9. The highest BCUT2D eigenvalue weighted by molar-refractivity contribution is 7.92. The molecule has 0 unspecified atom stereocenters. The number of benzene rings is 3. The summed E-state index contributed by atoms with van der Waals surface area (Å²) in [5.74, 6) is 0.616. The van der Waals surface area contributed by atoms with Crippen LogP contribution in [-0.4, -0.2) is 42.2 Å². The van der Waals surface area contributed by atoms with Crippen LogP contribution in [0.4, 0.5) is 11.4 Å². The number of hydrogen-bond acceptors (Lipinski definition) is 6. The molecule has 8 nitrogen and oxygen atoms in total. The SMILES string of the molecule is COc1ccc(S(=O)(=O)N(CC(=O)Nc2cc(OC)c(Cl)cc2OC)c2ccccc2)cc1C. The number of hydrogen-bond donors (Lipinski definition) is 1. The minimum absolute atomic E-state index is 0.0354. The van der Waals surface area contributed by atoms with Crippen LogP contribution < -0.4 is 23.8 Å². The molecule has 3 rings (SSSR count). The largest absolute Gasteiger partial charge is 0.496 e. The summed E-state index contributed by atoms with van der Waals surface area (Å²) in [6.45, 7) is 1.27. The van der Waals surface area contributed by atoms with Gasteiger partial charge in [0.05, 0.1) is 42.6 Å². The quantitative estimate of drug-likeness (QED) is 0.461. The first kappa shape index (κ1) is 25.2. The molecule has 0 atom stereocenters. The van der Waals surface area contributed by atoms with E-state index in [1.165, 1.54) is 45.6 Å². The van der Waals surface area contributed by atoms with E-state index in [2.05, 4.69) is 5.32 Å². The normalized spacial score (nSPS) is 11.0. The van der Waals surface area contributed by atoms with Gasteiger partial charge in [-0.25, -0.2) is 8.42 Å². The first-order valence-corrected chi connectivity index (χ1v) is 12.0. The number of anilines is 2. The van der Waals surface area contributed by atoms with E-state index in [1.807, 2.05) is 0 Å². The van der Waals surface area contributed by atoms with Crippen LogP contribution in [0, 0.1) is 6.92 Å². The van der Waals surface area contributed by atoms with Gasteiger partial charge in [0, 0.05) is 12.1 Å². The molecule has 0 aliphatic carbocycles. The Morgan fingerprint density at radius 3 is 2.15 bits per heavy atom. The second kappa shape index (κ2) is 10.7. The number of nitrogens with one attached hydrogen (secondary N) is 1. The highest BCUT2D eigenvalue weighted by Gasteiger charge is 2.28. The Labute approximate surface area is 204 Å². The molecule has 0 bridgehead atoms. The zero-order valence-electron chi connectivity index (χ0n) is 19.2. The molecular formula is C24H25ClN2O6S. The van der Waals surface area contributed by atoms with Crippen molar-refractivity contribution in [1.29, 1.82) is 0 Å². The molecule has 34 heavy (non-hydrogen) atoms. The lowest BCUT2D eigenvalue weighted by Gasteiger charge is -2.24. The standard InChI is InChI=1S/C24H25ClN2O6S/c1-16-12-18(10-11-21(16)31-2)34(29,30)27(17-8-6-5-7-9-17)15-24(28)26-20-14-22(32-3)19(25)13-23(20)33-4/h5-14H,15H2,1-4H3,(H,26,28). The van der Waals surface area contributed by atoms with E-state index < -0.39 is 22.5 Å². The number of methoxy groups -OCH3 is 3. The number of ether oxygens (including phenoxy) is 3. The van der Waals surface area contributed by atoms with Gasteiger partial charge < -0.3 is 19.5 Å². The number of amides is 1. The van der Waals surface area contributed by atoms with Crippen molar-refractivity contribution in [2.45, 2.75) is 11.8 Å². The van der Waals surface area contributed by atoms with E-state index >= 15 is 0 Å². The zero-order chi connectivity index (χ0) is 24.9. The van der Waals surface area contributed by atoms with Crippen molar-refractivity contribution in [3.8, 4) is 17.2 Å². The molecule has 0 fully saturated rings. The summed E-state index contributed by atoms with van der Waals surface area (Å²) in [7, 11) is 0.302. The van der Waals surface area contributed by atoms with Crippen LogP contribution in [0.15, 0.2) is 65.6 Å². The smallest absolute Gasteiger partial charge is 0.264 e. The highest BCUT2D eigenvalue weighted by atomic mass is 35.5. The molecule has 0 aromatic heterocycles. The number of para-hydroxylation sites is 1. The second-order valence-corrected chi connectivity index (χ2v) is 9.48. The number of sulfonamides is 1. The molecule has 0 aliphatic heterocycles. The lowest BCUT2D eigenvalue weighted by atomic mass is 10.2. The van der Waals surface area contributed by atoms with Crippen molar-refractivity contribution < 1.29 is 27.4 Å². The summed E-state index contributed by atoms with van der Waals surface area (Å²) in [5, 5.41) is 2.99. The maximum Gasteiger partial charge on any atom is 0.264 e. The summed E-state index contributed by atoms with van der Waals surface area (Å²) in [4.78, 5) is 13.1. The molecule has 180 valence electrons. The van der Waals surface area contributed by atoms with Crippen molar-refractivity contribution in [3.63, 3.8) is 0 Å². The maximum atomic E-state index is 13.6. The number of carbonyl (C=O) groups excluding carboxylic acids is 1. The van der Waals surface area contributed by atoms with Crippen LogP contribution in [0.3, 0.4) is 0 Å². The molecule has 0 aliphatic rings. The monoisotopic (exact) mass is 504 g/mol. The number of halogens is 1. The maximum absolute atomic E-state index is 13.6. The first-order chi connectivity index (χ1) is 16.2. The molecule has 3 aromatic carbocycles. The molecule has 0 saturated heterocycles. The van der Waals surface area contributed by atoms with Crippen molar-refractivity contribution >= 4 is 38.9 Å². The third-order valence-electron chi connectivity index (χ3n) is 5.03. The topological polar surface area (TPSA) is 94.2 Å². The van der Waals surface area contributed by atoms with Gasteiger partial charge in [0.1, 0.15) is 23.8 Å². The van der Waals surface area contributed by atoms with Crippen molar-refractivity contribution in [3.05, 3.63) is 71.2 Å². The van der Waals surface area contributed by atoms with E-state index in [9.17, 15) is 13.2 Å². The molecule has 1 N–H and O–H groups in total. The number of carbonyl (C=O) groups is 1. The fourth-order valence-corrected chi connectivity index (χ4v) is 5.06. The molecule has 0 spiro atoms. The van der Waals surface area contributed by atoms with Crippen molar-refractivity contribution in [1.82, 2.24) is 0 Å². The number of nitrogens with zero attached hydrogens (tertiary/aromatic N) is 1. The predicted molar refractivity (Wildman–Crippen MR) is 132 cm³/mol. The van der Waals surface area contributed by atoms with Gasteiger partial charge in [-0.1, -0.05) is 29.8 Å². The summed E-state index contributed by atoms with van der Waals surface area (Å²) >= 11 is 6.13. The summed E-state index contributed by atoms with van der Waals surface area (Å²) in [6, 6.07) is 15.9. The van der Waals surface area contributed by atoms with E-state index in [4.69, 9.17) is 25.8 Å². The average Bonchev–Trinajstić information content (AvgIpc) is 2.83. The van der Waals surface area contributed by atoms with Crippen LogP contribution in [-0.2, 0) is 14.8 Å². The molecule has 0 heterocycles. The van der Waals surface area contributed by atoms with Gasteiger partial charge in [0.25, 0.3) is 10.0 Å². The summed E-state index contributed by atoms with van der Waals surface area (Å²) in [6.07, 6.45) is 0. The Morgan fingerprint density at radius 2 is 1.56 bits per heavy atom. The fraction of sp³-hybridized carbons (Fsp3) is 0.208. The van der Waals surface area contributed by atoms with Crippen LogP contribution in [0.2, 0.25) is 5.02 Å². The molecule has 0 radical (unpaired) electrons. The van der Waals surface area contributed by atoms with Crippen molar-refractivity contribution in [2.75, 3.05) is 37.5 Å². The van der Waals surface area contributed by atoms with Gasteiger partial charge in [-0.2, -0.15) is 0 Å². The van der Waals surface area contributed by atoms with E-state index in [1.54, 1.807) is 43.3 Å². The number of aryl methyl sites for hydroxylation is 1.